The van der Waals surface area contributed by atoms with Crippen LogP contribution in [0.5, 0.6) is 0 Å². The normalized spacial score (nSPS) is 10.8. The van der Waals surface area contributed by atoms with Gasteiger partial charge in [-0.15, -0.1) is 24.0 Å². The molecular formula is C18H30FIN4O2. The van der Waals surface area contributed by atoms with Crippen molar-refractivity contribution in [2.45, 2.75) is 26.7 Å². The lowest BCUT2D eigenvalue weighted by Gasteiger charge is -2.12. The predicted molar refractivity (Wildman–Crippen MR) is 114 cm³/mol. The maximum Gasteiger partial charge on any atom is 0.224 e. The van der Waals surface area contributed by atoms with Crippen molar-refractivity contribution in [3.63, 3.8) is 0 Å². The van der Waals surface area contributed by atoms with Gasteiger partial charge in [-0.1, -0.05) is 12.1 Å². The SMILES string of the molecule is CCNC(=NCCCOCC)NCCNC(=O)Cc1cccc(F)c1.I. The fourth-order valence-electron chi connectivity index (χ4n) is 2.12. The van der Waals surface area contributed by atoms with Gasteiger partial charge >= 0.3 is 0 Å². The molecule has 0 saturated carbocycles. The Morgan fingerprint density at radius 1 is 1.19 bits per heavy atom. The number of benzene rings is 1. The van der Waals surface area contributed by atoms with Crippen LogP contribution in [0.25, 0.3) is 0 Å². The molecule has 0 atom stereocenters. The zero-order chi connectivity index (χ0) is 18.3. The lowest BCUT2D eigenvalue weighted by molar-refractivity contribution is -0.120. The van der Waals surface area contributed by atoms with Gasteiger partial charge in [0.1, 0.15) is 5.82 Å². The summed E-state index contributed by atoms with van der Waals surface area (Å²) in [4.78, 5) is 16.3. The number of hydrogen-bond donors (Lipinski definition) is 3. The number of ether oxygens (including phenoxy) is 1. The van der Waals surface area contributed by atoms with Gasteiger partial charge in [0, 0.05) is 39.4 Å². The van der Waals surface area contributed by atoms with E-state index >= 15 is 0 Å². The number of rotatable bonds is 11. The smallest absolute Gasteiger partial charge is 0.224 e. The molecule has 1 aromatic carbocycles. The molecule has 0 fully saturated rings. The Morgan fingerprint density at radius 3 is 2.65 bits per heavy atom. The van der Waals surface area contributed by atoms with E-state index in [1.165, 1.54) is 12.1 Å². The Labute approximate surface area is 172 Å². The standard InChI is InChI=1S/C18H29FN4O2.HI/c1-3-20-18(22-9-6-12-25-4-2)23-11-10-21-17(24)14-15-7-5-8-16(19)13-15;/h5,7-8,13H,3-4,6,9-12,14H2,1-2H3,(H,21,24)(H2,20,22,23);1H. The number of carbonyl (C=O) groups is 1. The maximum atomic E-state index is 13.1. The highest BCUT2D eigenvalue weighted by Gasteiger charge is 2.04. The molecule has 148 valence electrons. The van der Waals surface area contributed by atoms with Crippen molar-refractivity contribution >= 4 is 35.8 Å². The summed E-state index contributed by atoms with van der Waals surface area (Å²) in [5, 5.41) is 9.12. The summed E-state index contributed by atoms with van der Waals surface area (Å²) in [6.07, 6.45) is 1.04. The molecule has 0 saturated heterocycles. The molecule has 0 heterocycles. The van der Waals surface area contributed by atoms with Gasteiger partial charge in [0.2, 0.25) is 5.91 Å². The Hall–Kier alpha value is -1.42. The third kappa shape index (κ3) is 12.0. The number of carbonyl (C=O) groups excluding carboxylic acids is 1. The van der Waals surface area contributed by atoms with E-state index in [4.69, 9.17) is 4.74 Å². The molecule has 0 aliphatic rings. The molecule has 6 nitrogen and oxygen atoms in total. The minimum atomic E-state index is -0.331. The lowest BCUT2D eigenvalue weighted by atomic mass is 10.1. The van der Waals surface area contributed by atoms with Crippen molar-refractivity contribution in [3.05, 3.63) is 35.6 Å². The molecule has 8 heteroatoms. The maximum absolute atomic E-state index is 13.1. The summed E-state index contributed by atoms with van der Waals surface area (Å²) in [6, 6.07) is 6.07. The van der Waals surface area contributed by atoms with Gasteiger partial charge in [-0.2, -0.15) is 0 Å². The monoisotopic (exact) mass is 480 g/mol. The van der Waals surface area contributed by atoms with Crippen LogP contribution in [0.1, 0.15) is 25.8 Å². The first-order valence-corrected chi connectivity index (χ1v) is 8.76. The number of halogens is 2. The van der Waals surface area contributed by atoms with Gasteiger partial charge in [-0.05, 0) is 38.0 Å². The quantitative estimate of drug-likeness (QED) is 0.196. The highest BCUT2D eigenvalue weighted by Crippen LogP contribution is 2.03. The Kier molecular flexibility index (Phi) is 14.9. The van der Waals surface area contributed by atoms with Gasteiger partial charge in [0.25, 0.3) is 0 Å². The number of hydrogen-bond acceptors (Lipinski definition) is 3. The molecule has 0 radical (unpaired) electrons. The summed E-state index contributed by atoms with van der Waals surface area (Å²) < 4.78 is 18.4. The van der Waals surface area contributed by atoms with Crippen molar-refractivity contribution in [1.82, 2.24) is 16.0 Å². The van der Waals surface area contributed by atoms with Crippen LogP contribution in [-0.4, -0.2) is 51.3 Å². The minimum absolute atomic E-state index is 0. The van der Waals surface area contributed by atoms with Crippen LogP contribution in [0.3, 0.4) is 0 Å². The molecule has 1 rings (SSSR count). The first-order valence-electron chi connectivity index (χ1n) is 8.76. The van der Waals surface area contributed by atoms with Gasteiger partial charge in [0.05, 0.1) is 6.42 Å². The first-order chi connectivity index (χ1) is 12.2. The van der Waals surface area contributed by atoms with Gasteiger partial charge in [-0.3, -0.25) is 9.79 Å². The zero-order valence-corrected chi connectivity index (χ0v) is 17.8. The predicted octanol–water partition coefficient (Wildman–Crippen LogP) is 2.08. The summed E-state index contributed by atoms with van der Waals surface area (Å²) in [6.45, 7) is 7.87. The van der Waals surface area contributed by atoms with Crippen molar-refractivity contribution < 1.29 is 13.9 Å². The second-order valence-corrected chi connectivity index (χ2v) is 5.39. The Balaban J connectivity index is 0.00000625. The number of guanidine groups is 1. The van der Waals surface area contributed by atoms with Crippen LogP contribution >= 0.6 is 24.0 Å². The van der Waals surface area contributed by atoms with Gasteiger partial charge in [-0.25, -0.2) is 4.39 Å². The van der Waals surface area contributed by atoms with E-state index in [-0.39, 0.29) is 42.1 Å². The van der Waals surface area contributed by atoms with E-state index in [9.17, 15) is 9.18 Å². The average Bonchev–Trinajstić information content (AvgIpc) is 2.58. The first kappa shape index (κ1) is 24.6. The minimum Gasteiger partial charge on any atom is -0.382 e. The molecule has 0 aliphatic carbocycles. The van der Waals surface area contributed by atoms with E-state index in [1.54, 1.807) is 12.1 Å². The van der Waals surface area contributed by atoms with Crippen molar-refractivity contribution in [3.8, 4) is 0 Å². The number of amides is 1. The topological polar surface area (TPSA) is 74.8 Å². The van der Waals surface area contributed by atoms with E-state index < -0.39 is 0 Å². The van der Waals surface area contributed by atoms with Crippen molar-refractivity contribution in [1.29, 1.82) is 0 Å². The van der Waals surface area contributed by atoms with Crippen LogP contribution in [0, 0.1) is 5.82 Å². The van der Waals surface area contributed by atoms with Crippen molar-refractivity contribution in [2.24, 2.45) is 4.99 Å². The zero-order valence-electron chi connectivity index (χ0n) is 15.5. The van der Waals surface area contributed by atoms with E-state index in [0.29, 0.717) is 31.8 Å². The Morgan fingerprint density at radius 2 is 1.96 bits per heavy atom. The van der Waals surface area contributed by atoms with Crippen molar-refractivity contribution in [2.75, 3.05) is 39.4 Å². The molecule has 0 unspecified atom stereocenters. The van der Waals surface area contributed by atoms with E-state index in [2.05, 4.69) is 20.9 Å². The summed E-state index contributed by atoms with van der Waals surface area (Å²) in [7, 11) is 0. The molecule has 0 aliphatic heterocycles. The highest BCUT2D eigenvalue weighted by molar-refractivity contribution is 14.0. The second kappa shape index (κ2) is 15.8. The molecule has 0 aromatic heterocycles. The molecular weight excluding hydrogens is 450 g/mol. The summed E-state index contributed by atoms with van der Waals surface area (Å²) >= 11 is 0. The molecule has 1 aromatic rings. The van der Waals surface area contributed by atoms with E-state index in [1.807, 2.05) is 13.8 Å². The summed E-state index contributed by atoms with van der Waals surface area (Å²) in [5.74, 6) is 0.257. The fourth-order valence-corrected chi connectivity index (χ4v) is 2.12. The van der Waals surface area contributed by atoms with Crippen LogP contribution < -0.4 is 16.0 Å². The molecule has 26 heavy (non-hydrogen) atoms. The molecule has 0 spiro atoms. The third-order valence-electron chi connectivity index (χ3n) is 3.26. The fraction of sp³-hybridized carbons (Fsp3) is 0.556. The second-order valence-electron chi connectivity index (χ2n) is 5.39. The molecule has 3 N–H and O–H groups in total. The van der Waals surface area contributed by atoms with Gasteiger partial charge < -0.3 is 20.7 Å². The number of nitrogens with zero attached hydrogens (tertiary/aromatic N) is 1. The third-order valence-corrected chi connectivity index (χ3v) is 3.26. The lowest BCUT2D eigenvalue weighted by Crippen LogP contribution is -2.41. The molecule has 1 amide bonds. The average molecular weight is 480 g/mol. The van der Waals surface area contributed by atoms with Gasteiger partial charge in [0.15, 0.2) is 5.96 Å². The summed E-state index contributed by atoms with van der Waals surface area (Å²) in [5.41, 5.74) is 0.662. The number of aliphatic imine (C=N–C) groups is 1. The van der Waals surface area contributed by atoms with Crippen LogP contribution in [0.15, 0.2) is 29.3 Å². The van der Waals surface area contributed by atoms with E-state index in [0.717, 1.165) is 25.5 Å². The molecule has 0 bridgehead atoms. The van der Waals surface area contributed by atoms with Crippen LogP contribution in [0.4, 0.5) is 4.39 Å². The number of nitrogens with one attached hydrogen (secondary N) is 3. The van der Waals surface area contributed by atoms with Crippen LogP contribution in [0.2, 0.25) is 0 Å². The Bertz CT molecular complexity index is 544. The largest absolute Gasteiger partial charge is 0.382 e. The highest BCUT2D eigenvalue weighted by atomic mass is 127. The van der Waals surface area contributed by atoms with Crippen LogP contribution in [-0.2, 0) is 16.0 Å².